The van der Waals surface area contributed by atoms with E-state index in [-0.39, 0.29) is 0 Å². The topological polar surface area (TPSA) is 42.0 Å². The van der Waals surface area contributed by atoms with Crippen molar-refractivity contribution in [3.63, 3.8) is 0 Å². The lowest BCUT2D eigenvalue weighted by molar-refractivity contribution is 0.111. The van der Waals surface area contributed by atoms with Crippen LogP contribution in [0.4, 0.5) is 0 Å². The summed E-state index contributed by atoms with van der Waals surface area (Å²) < 4.78 is 0. The Bertz CT molecular complexity index is 290. The Labute approximate surface area is 77.5 Å². The Balaban J connectivity index is 2.63. The third-order valence-corrected chi connectivity index (χ3v) is 1.56. The largest absolute Gasteiger partial charge is 0.316 e. The van der Waals surface area contributed by atoms with Crippen LogP contribution in [0.2, 0.25) is 0 Å². The number of aromatic nitrogens is 1. The maximum Gasteiger partial charge on any atom is 0.168 e. The second kappa shape index (κ2) is 5.22. The predicted molar refractivity (Wildman–Crippen MR) is 52.6 cm³/mol. The molecule has 1 heterocycles. The molecule has 0 unspecified atom stereocenters. The Morgan fingerprint density at radius 3 is 2.92 bits per heavy atom. The number of aldehydes is 1. The zero-order chi connectivity index (χ0) is 9.52. The number of nitrogens with zero attached hydrogens (tertiary/aromatic N) is 1. The highest BCUT2D eigenvalue weighted by Crippen LogP contribution is 2.00. The lowest BCUT2D eigenvalue weighted by Gasteiger charge is -1.93. The summed E-state index contributed by atoms with van der Waals surface area (Å²) in [6, 6.07) is 3.56. The van der Waals surface area contributed by atoms with Gasteiger partial charge in [0.15, 0.2) is 6.29 Å². The maximum atomic E-state index is 10.3. The van der Waals surface area contributed by atoms with Gasteiger partial charge in [0.05, 0.1) is 0 Å². The summed E-state index contributed by atoms with van der Waals surface area (Å²) in [6.07, 6.45) is 6.37. The molecule has 0 bridgehead atoms. The predicted octanol–water partition coefficient (Wildman–Crippen LogP) is 1.13. The van der Waals surface area contributed by atoms with Gasteiger partial charge >= 0.3 is 0 Å². The van der Waals surface area contributed by atoms with Crippen LogP contribution in [-0.4, -0.2) is 24.9 Å². The highest BCUT2D eigenvalue weighted by atomic mass is 16.1. The van der Waals surface area contributed by atoms with E-state index >= 15 is 0 Å². The van der Waals surface area contributed by atoms with Gasteiger partial charge in [-0.3, -0.25) is 9.78 Å². The maximum absolute atomic E-state index is 10.3. The number of likely N-dealkylation sites (N-methyl/N-ethyl adjacent to an activating group) is 1. The van der Waals surface area contributed by atoms with Crippen molar-refractivity contribution in [2.45, 2.75) is 0 Å². The van der Waals surface area contributed by atoms with Crippen LogP contribution in [0.3, 0.4) is 0 Å². The molecular weight excluding hydrogens is 164 g/mol. The quantitative estimate of drug-likeness (QED) is 0.699. The van der Waals surface area contributed by atoms with Crippen LogP contribution in [0.1, 0.15) is 16.1 Å². The van der Waals surface area contributed by atoms with Gasteiger partial charge in [-0.05, 0) is 18.7 Å². The zero-order valence-electron chi connectivity index (χ0n) is 7.53. The molecular formula is C10H12N2O. The molecule has 0 saturated heterocycles. The highest BCUT2D eigenvalue weighted by molar-refractivity contribution is 5.71. The summed E-state index contributed by atoms with van der Waals surface area (Å²) in [5, 5.41) is 3.00. The summed E-state index contributed by atoms with van der Waals surface area (Å²) in [5.41, 5.74) is 1.46. The minimum Gasteiger partial charge on any atom is -0.316 e. The normalized spacial score (nSPS) is 10.5. The molecule has 0 amide bonds. The van der Waals surface area contributed by atoms with E-state index in [1.54, 1.807) is 12.3 Å². The molecule has 0 aliphatic heterocycles. The minimum atomic E-state index is 0.464. The third kappa shape index (κ3) is 3.17. The van der Waals surface area contributed by atoms with Gasteiger partial charge in [0.1, 0.15) is 5.69 Å². The third-order valence-electron chi connectivity index (χ3n) is 1.56. The van der Waals surface area contributed by atoms with Crippen molar-refractivity contribution in [1.29, 1.82) is 0 Å². The second-order valence-corrected chi connectivity index (χ2v) is 2.59. The summed E-state index contributed by atoms with van der Waals surface area (Å²) in [7, 11) is 1.89. The molecule has 0 saturated carbocycles. The molecule has 0 aliphatic rings. The first-order chi connectivity index (χ1) is 6.36. The molecule has 1 aromatic heterocycles. The van der Waals surface area contributed by atoms with Gasteiger partial charge in [0, 0.05) is 12.7 Å². The average Bonchev–Trinajstić information content (AvgIpc) is 2.19. The van der Waals surface area contributed by atoms with Gasteiger partial charge < -0.3 is 5.32 Å². The van der Waals surface area contributed by atoms with Crippen LogP contribution in [0.25, 0.3) is 6.08 Å². The second-order valence-electron chi connectivity index (χ2n) is 2.59. The number of carbonyl (C=O) groups excluding carboxylic acids is 1. The van der Waals surface area contributed by atoms with Crippen LogP contribution in [0.15, 0.2) is 24.4 Å². The van der Waals surface area contributed by atoms with Crippen molar-refractivity contribution in [2.24, 2.45) is 0 Å². The van der Waals surface area contributed by atoms with E-state index in [1.807, 2.05) is 25.3 Å². The van der Waals surface area contributed by atoms with E-state index < -0.39 is 0 Å². The summed E-state index contributed by atoms with van der Waals surface area (Å²) in [6.45, 7) is 0.829. The number of nitrogens with one attached hydrogen (secondary N) is 1. The molecule has 0 atom stereocenters. The highest BCUT2D eigenvalue weighted by Gasteiger charge is 1.89. The molecule has 1 aromatic rings. The lowest BCUT2D eigenvalue weighted by Crippen LogP contribution is -2.03. The van der Waals surface area contributed by atoms with E-state index in [0.717, 1.165) is 18.4 Å². The van der Waals surface area contributed by atoms with Crippen molar-refractivity contribution in [3.05, 3.63) is 35.7 Å². The van der Waals surface area contributed by atoms with Crippen molar-refractivity contribution >= 4 is 12.4 Å². The Morgan fingerprint density at radius 1 is 1.54 bits per heavy atom. The van der Waals surface area contributed by atoms with Crippen LogP contribution >= 0.6 is 0 Å². The lowest BCUT2D eigenvalue weighted by atomic mass is 10.2. The van der Waals surface area contributed by atoms with Crippen LogP contribution in [0.5, 0.6) is 0 Å². The van der Waals surface area contributed by atoms with Crippen molar-refractivity contribution < 1.29 is 4.79 Å². The van der Waals surface area contributed by atoms with Gasteiger partial charge in [-0.25, -0.2) is 0 Å². The van der Waals surface area contributed by atoms with Crippen LogP contribution < -0.4 is 5.32 Å². The number of hydrogen-bond donors (Lipinski definition) is 1. The van der Waals surface area contributed by atoms with E-state index in [1.165, 1.54) is 0 Å². The molecule has 13 heavy (non-hydrogen) atoms. The number of pyridine rings is 1. The first kappa shape index (κ1) is 9.61. The summed E-state index contributed by atoms with van der Waals surface area (Å²) in [4.78, 5) is 14.2. The summed E-state index contributed by atoms with van der Waals surface area (Å²) >= 11 is 0. The Hall–Kier alpha value is -1.48. The van der Waals surface area contributed by atoms with Crippen LogP contribution in [0, 0.1) is 0 Å². The van der Waals surface area contributed by atoms with E-state index in [9.17, 15) is 4.79 Å². The fraction of sp³-hybridized carbons (Fsp3) is 0.200. The molecule has 68 valence electrons. The number of carbonyl (C=O) groups is 1. The van der Waals surface area contributed by atoms with Crippen molar-refractivity contribution in [2.75, 3.05) is 13.6 Å². The molecule has 1 N–H and O–H groups in total. The van der Waals surface area contributed by atoms with Gasteiger partial charge in [0.2, 0.25) is 0 Å². The van der Waals surface area contributed by atoms with Crippen molar-refractivity contribution in [1.82, 2.24) is 10.3 Å². The minimum absolute atomic E-state index is 0.464. The number of rotatable bonds is 4. The van der Waals surface area contributed by atoms with E-state index in [0.29, 0.717) is 5.69 Å². The fourth-order valence-corrected chi connectivity index (χ4v) is 0.898. The Morgan fingerprint density at radius 2 is 2.38 bits per heavy atom. The molecule has 0 spiro atoms. The fourth-order valence-electron chi connectivity index (χ4n) is 0.898. The molecule has 0 radical (unpaired) electrons. The summed E-state index contributed by atoms with van der Waals surface area (Å²) in [5.74, 6) is 0. The van der Waals surface area contributed by atoms with Gasteiger partial charge in [0.25, 0.3) is 0 Å². The standard InChI is InChI=1S/C10H12N2O/c1-11-6-2-3-9-4-5-10(8-13)12-7-9/h2-5,7-8,11H,6H2,1H3. The SMILES string of the molecule is CNCC=Cc1ccc(C=O)nc1. The molecule has 1 rings (SSSR count). The van der Waals surface area contributed by atoms with Crippen LogP contribution in [-0.2, 0) is 0 Å². The molecule has 3 heteroatoms. The van der Waals surface area contributed by atoms with Gasteiger partial charge in [-0.15, -0.1) is 0 Å². The van der Waals surface area contributed by atoms with Gasteiger partial charge in [-0.1, -0.05) is 18.2 Å². The molecule has 0 aromatic carbocycles. The zero-order valence-corrected chi connectivity index (χ0v) is 7.53. The molecule has 3 nitrogen and oxygen atoms in total. The number of hydrogen-bond acceptors (Lipinski definition) is 3. The smallest absolute Gasteiger partial charge is 0.168 e. The first-order valence-electron chi connectivity index (χ1n) is 4.09. The van der Waals surface area contributed by atoms with Gasteiger partial charge in [-0.2, -0.15) is 0 Å². The Kier molecular flexibility index (Phi) is 3.85. The van der Waals surface area contributed by atoms with Crippen molar-refractivity contribution in [3.8, 4) is 0 Å². The average molecular weight is 176 g/mol. The monoisotopic (exact) mass is 176 g/mol. The first-order valence-corrected chi connectivity index (χ1v) is 4.09. The molecule has 0 fully saturated rings. The van der Waals surface area contributed by atoms with E-state index in [2.05, 4.69) is 10.3 Å². The van der Waals surface area contributed by atoms with E-state index in [4.69, 9.17) is 0 Å². The molecule has 0 aliphatic carbocycles.